The van der Waals surface area contributed by atoms with Crippen LogP contribution in [0.4, 0.5) is 0 Å². The lowest BCUT2D eigenvalue weighted by molar-refractivity contribution is 0.0332. The third-order valence-corrected chi connectivity index (χ3v) is 5.34. The molecule has 1 amide bonds. The Morgan fingerprint density at radius 2 is 1.76 bits per heavy atom. The maximum absolute atomic E-state index is 13.1. The van der Waals surface area contributed by atoms with Crippen molar-refractivity contribution in [3.05, 3.63) is 89.7 Å². The van der Waals surface area contributed by atoms with Gasteiger partial charge in [0.05, 0.1) is 19.3 Å². The van der Waals surface area contributed by atoms with Gasteiger partial charge in [0, 0.05) is 43.3 Å². The van der Waals surface area contributed by atoms with Gasteiger partial charge >= 0.3 is 0 Å². The van der Waals surface area contributed by atoms with Gasteiger partial charge < -0.3 is 14.6 Å². The predicted octanol–water partition coefficient (Wildman–Crippen LogP) is 3.59. The summed E-state index contributed by atoms with van der Waals surface area (Å²) in [6.07, 6.45) is 3.95. The molecular formula is C24H27N3O2. The molecular weight excluding hydrogens is 362 g/mol. The van der Waals surface area contributed by atoms with Crippen molar-refractivity contribution in [1.82, 2.24) is 14.8 Å². The van der Waals surface area contributed by atoms with Crippen molar-refractivity contribution in [2.24, 2.45) is 0 Å². The molecule has 1 unspecified atom stereocenters. The van der Waals surface area contributed by atoms with E-state index in [1.165, 1.54) is 5.56 Å². The third-order valence-electron chi connectivity index (χ3n) is 5.34. The molecule has 1 saturated heterocycles. The Balaban J connectivity index is 1.54. The van der Waals surface area contributed by atoms with Crippen molar-refractivity contribution in [2.45, 2.75) is 13.0 Å². The van der Waals surface area contributed by atoms with Gasteiger partial charge in [-0.1, -0.05) is 35.9 Å². The van der Waals surface area contributed by atoms with Crippen molar-refractivity contribution in [2.75, 3.05) is 32.8 Å². The van der Waals surface area contributed by atoms with E-state index in [0.29, 0.717) is 5.56 Å². The topological polar surface area (TPSA) is 46.5 Å². The lowest BCUT2D eigenvalue weighted by Crippen LogP contribution is -2.43. The zero-order chi connectivity index (χ0) is 20.1. The highest BCUT2D eigenvalue weighted by molar-refractivity contribution is 5.95. The monoisotopic (exact) mass is 389 g/mol. The summed E-state index contributed by atoms with van der Waals surface area (Å²) in [6, 6.07) is 20.0. The van der Waals surface area contributed by atoms with Crippen LogP contribution < -0.4 is 5.32 Å². The van der Waals surface area contributed by atoms with E-state index in [1.54, 1.807) is 0 Å². The fraction of sp³-hybridized carbons (Fsp3) is 0.292. The molecule has 5 heteroatoms. The molecule has 1 N–H and O–H groups in total. The van der Waals surface area contributed by atoms with E-state index in [0.717, 1.165) is 44.1 Å². The van der Waals surface area contributed by atoms with Gasteiger partial charge in [-0.3, -0.25) is 9.69 Å². The van der Waals surface area contributed by atoms with Crippen LogP contribution in [0.15, 0.2) is 73.1 Å². The van der Waals surface area contributed by atoms with Crippen LogP contribution in [0.2, 0.25) is 0 Å². The molecule has 0 radical (unpaired) electrons. The number of aryl methyl sites for hydroxylation is 1. The zero-order valence-electron chi connectivity index (χ0n) is 16.8. The van der Waals surface area contributed by atoms with Crippen molar-refractivity contribution in [1.29, 1.82) is 0 Å². The highest BCUT2D eigenvalue weighted by Crippen LogP contribution is 2.18. The molecule has 0 saturated carbocycles. The highest BCUT2D eigenvalue weighted by Gasteiger charge is 2.21. The third kappa shape index (κ3) is 4.94. The molecule has 0 spiro atoms. The number of morpholine rings is 1. The summed E-state index contributed by atoms with van der Waals surface area (Å²) in [5.74, 6) is -0.0576. The number of hydrogen-bond donors (Lipinski definition) is 1. The van der Waals surface area contributed by atoms with Crippen molar-refractivity contribution in [3.8, 4) is 5.69 Å². The average Bonchev–Trinajstić information content (AvgIpc) is 3.30. The summed E-state index contributed by atoms with van der Waals surface area (Å²) in [6.45, 7) is 6.12. The molecule has 2 heterocycles. The number of rotatable bonds is 6. The van der Waals surface area contributed by atoms with E-state index in [2.05, 4.69) is 41.4 Å². The second-order valence-corrected chi connectivity index (χ2v) is 7.49. The number of benzene rings is 2. The maximum Gasteiger partial charge on any atom is 0.251 e. The molecule has 1 atom stereocenters. The molecule has 4 rings (SSSR count). The maximum atomic E-state index is 13.1. The van der Waals surface area contributed by atoms with Crippen LogP contribution in [0.5, 0.6) is 0 Å². The number of amides is 1. The number of carbonyl (C=O) groups excluding carboxylic acids is 1. The number of aromatic nitrogens is 1. The minimum absolute atomic E-state index is 0.0576. The van der Waals surface area contributed by atoms with E-state index in [-0.39, 0.29) is 11.9 Å². The molecule has 5 nitrogen and oxygen atoms in total. The molecule has 3 aromatic rings. The normalized spacial score (nSPS) is 15.8. The average molecular weight is 389 g/mol. The van der Waals surface area contributed by atoms with E-state index in [4.69, 9.17) is 4.74 Å². The SMILES string of the molecule is Cc1ccc(C(CN2CCOCC2)NC(=O)c2cccc(-n3cccc3)c2)cc1. The Labute approximate surface area is 171 Å². The predicted molar refractivity (Wildman–Crippen MR) is 114 cm³/mol. The van der Waals surface area contributed by atoms with Crippen LogP contribution in [-0.2, 0) is 4.74 Å². The first-order valence-corrected chi connectivity index (χ1v) is 10.1. The summed E-state index contributed by atoms with van der Waals surface area (Å²) in [5, 5.41) is 3.26. The Morgan fingerprint density at radius 3 is 2.48 bits per heavy atom. The summed E-state index contributed by atoms with van der Waals surface area (Å²) in [5.41, 5.74) is 3.97. The summed E-state index contributed by atoms with van der Waals surface area (Å²) in [4.78, 5) is 15.4. The van der Waals surface area contributed by atoms with Crippen LogP contribution in [0, 0.1) is 6.92 Å². The van der Waals surface area contributed by atoms with Crippen molar-refractivity contribution < 1.29 is 9.53 Å². The van der Waals surface area contributed by atoms with Gasteiger partial charge in [0.25, 0.3) is 5.91 Å². The Bertz CT molecular complexity index is 929. The minimum atomic E-state index is -0.0727. The second kappa shape index (κ2) is 9.07. The van der Waals surface area contributed by atoms with Gasteiger partial charge in [-0.05, 0) is 42.8 Å². The molecule has 1 fully saturated rings. The Hall–Kier alpha value is -2.89. The Kier molecular flexibility index (Phi) is 6.08. The number of nitrogens with zero attached hydrogens (tertiary/aromatic N) is 2. The van der Waals surface area contributed by atoms with Gasteiger partial charge in [-0.2, -0.15) is 0 Å². The quantitative estimate of drug-likeness (QED) is 0.701. The van der Waals surface area contributed by atoms with E-state index < -0.39 is 0 Å². The van der Waals surface area contributed by atoms with E-state index in [1.807, 2.05) is 53.4 Å². The number of carbonyl (C=O) groups is 1. The standard InChI is InChI=1S/C24H27N3O2/c1-19-7-9-20(10-8-19)23(18-26-13-15-29-16-14-26)25-24(28)21-5-4-6-22(17-21)27-11-2-3-12-27/h2-12,17,23H,13-16,18H2,1H3,(H,25,28). The highest BCUT2D eigenvalue weighted by atomic mass is 16.5. The Morgan fingerprint density at radius 1 is 1.03 bits per heavy atom. The van der Waals surface area contributed by atoms with Crippen LogP contribution in [0.25, 0.3) is 5.69 Å². The first-order valence-electron chi connectivity index (χ1n) is 10.1. The molecule has 1 aliphatic heterocycles. The molecule has 0 aliphatic carbocycles. The minimum Gasteiger partial charge on any atom is -0.379 e. The molecule has 150 valence electrons. The van der Waals surface area contributed by atoms with Gasteiger partial charge in [0.2, 0.25) is 0 Å². The lowest BCUT2D eigenvalue weighted by atomic mass is 10.0. The first kappa shape index (κ1) is 19.4. The van der Waals surface area contributed by atoms with Crippen LogP contribution in [0.3, 0.4) is 0 Å². The largest absolute Gasteiger partial charge is 0.379 e. The second-order valence-electron chi connectivity index (χ2n) is 7.49. The molecule has 0 bridgehead atoms. The van der Waals surface area contributed by atoms with E-state index in [9.17, 15) is 4.79 Å². The van der Waals surface area contributed by atoms with Gasteiger partial charge in [-0.15, -0.1) is 0 Å². The van der Waals surface area contributed by atoms with Crippen LogP contribution in [-0.4, -0.2) is 48.2 Å². The lowest BCUT2D eigenvalue weighted by Gasteiger charge is -2.31. The molecule has 29 heavy (non-hydrogen) atoms. The van der Waals surface area contributed by atoms with Gasteiger partial charge in [0.15, 0.2) is 0 Å². The first-order chi connectivity index (χ1) is 14.2. The summed E-state index contributed by atoms with van der Waals surface area (Å²) in [7, 11) is 0. The van der Waals surface area contributed by atoms with Crippen molar-refractivity contribution in [3.63, 3.8) is 0 Å². The van der Waals surface area contributed by atoms with E-state index >= 15 is 0 Å². The fourth-order valence-electron chi connectivity index (χ4n) is 3.63. The van der Waals surface area contributed by atoms with Crippen LogP contribution in [0.1, 0.15) is 27.5 Å². The fourth-order valence-corrected chi connectivity index (χ4v) is 3.63. The van der Waals surface area contributed by atoms with Crippen molar-refractivity contribution >= 4 is 5.91 Å². The smallest absolute Gasteiger partial charge is 0.251 e. The van der Waals surface area contributed by atoms with Gasteiger partial charge in [-0.25, -0.2) is 0 Å². The zero-order valence-corrected chi connectivity index (χ0v) is 16.8. The van der Waals surface area contributed by atoms with Gasteiger partial charge in [0.1, 0.15) is 0 Å². The molecule has 1 aliphatic rings. The van der Waals surface area contributed by atoms with Crippen LogP contribution >= 0.6 is 0 Å². The summed E-state index contributed by atoms with van der Waals surface area (Å²) < 4.78 is 7.47. The number of ether oxygens (including phenoxy) is 1. The summed E-state index contributed by atoms with van der Waals surface area (Å²) >= 11 is 0. The number of hydrogen-bond acceptors (Lipinski definition) is 3. The molecule has 1 aromatic heterocycles. The molecule has 2 aromatic carbocycles. The number of nitrogens with one attached hydrogen (secondary N) is 1.